The van der Waals surface area contributed by atoms with E-state index < -0.39 is 0 Å². The second-order valence-electron chi connectivity index (χ2n) is 8.96. The maximum Gasteiger partial charge on any atom is 0.237 e. The lowest BCUT2D eigenvalue weighted by atomic mass is 9.96. The first-order valence-electron chi connectivity index (χ1n) is 11.5. The molecule has 3 N–H and O–H groups in total. The second kappa shape index (κ2) is 9.78. The number of ether oxygens (including phenoxy) is 1. The van der Waals surface area contributed by atoms with Crippen molar-refractivity contribution in [3.63, 3.8) is 0 Å². The summed E-state index contributed by atoms with van der Waals surface area (Å²) in [4.78, 5) is 28.2. The van der Waals surface area contributed by atoms with E-state index in [1.807, 2.05) is 25.4 Å². The lowest BCUT2D eigenvalue weighted by Gasteiger charge is -2.37. The molecule has 3 aromatic rings. The number of nitrogens with one attached hydrogen (secondary N) is 2. The van der Waals surface area contributed by atoms with Crippen LogP contribution in [-0.2, 0) is 11.4 Å². The molecule has 1 amide bonds. The van der Waals surface area contributed by atoms with Gasteiger partial charge in [0.05, 0.1) is 30.0 Å². The Hall–Kier alpha value is -2.87. The van der Waals surface area contributed by atoms with Crippen molar-refractivity contribution < 1.29 is 14.6 Å². The van der Waals surface area contributed by atoms with Crippen molar-refractivity contribution in [2.45, 2.75) is 37.2 Å². The van der Waals surface area contributed by atoms with E-state index in [2.05, 4.69) is 45.8 Å². The number of pyridine rings is 1. The van der Waals surface area contributed by atoms with Crippen LogP contribution in [0.25, 0.3) is 22.0 Å². The minimum Gasteiger partial charge on any atom is -0.492 e. The average molecular weight is 481 g/mol. The molecule has 178 valence electrons. The molecule has 2 aromatic heterocycles. The molecule has 0 spiro atoms. The molecule has 1 fully saturated rings. The van der Waals surface area contributed by atoms with Gasteiger partial charge in [-0.05, 0) is 38.1 Å². The van der Waals surface area contributed by atoms with Crippen molar-refractivity contribution in [1.29, 1.82) is 0 Å². The Morgan fingerprint density at radius 1 is 1.24 bits per heavy atom. The molecule has 2 unspecified atom stereocenters. The molecular formula is C24H29N6O3P. The van der Waals surface area contributed by atoms with Crippen molar-refractivity contribution in [3.8, 4) is 16.9 Å². The fourth-order valence-corrected chi connectivity index (χ4v) is 4.78. The molecule has 34 heavy (non-hydrogen) atoms. The second-order valence-corrected chi connectivity index (χ2v) is 9.90. The first-order valence-corrected chi connectivity index (χ1v) is 12.2. The predicted octanol–water partition coefficient (Wildman–Crippen LogP) is 1.81. The molecular weight excluding hydrogens is 451 g/mol. The smallest absolute Gasteiger partial charge is 0.237 e. The van der Waals surface area contributed by atoms with Gasteiger partial charge in [-0.1, -0.05) is 0 Å². The van der Waals surface area contributed by atoms with Crippen molar-refractivity contribution in [3.05, 3.63) is 42.6 Å². The zero-order valence-electron chi connectivity index (χ0n) is 19.1. The number of aliphatic hydroxyl groups excluding tert-OH is 1. The molecule has 4 bridgehead atoms. The van der Waals surface area contributed by atoms with Gasteiger partial charge in [-0.3, -0.25) is 14.7 Å². The number of hydrogen-bond donors (Lipinski definition) is 3. The minimum atomic E-state index is -0.210. The van der Waals surface area contributed by atoms with Crippen LogP contribution >= 0.6 is 9.24 Å². The number of fused-ring (bicyclic) bond motifs is 3. The van der Waals surface area contributed by atoms with Gasteiger partial charge in [0.2, 0.25) is 5.91 Å². The van der Waals surface area contributed by atoms with E-state index in [0.717, 1.165) is 47.1 Å². The van der Waals surface area contributed by atoms with Gasteiger partial charge in [0.25, 0.3) is 0 Å². The number of rotatable bonds is 2. The number of carbonyl (C=O) groups excluding carboxylic acids is 1. The Morgan fingerprint density at radius 2 is 2.06 bits per heavy atom. The largest absolute Gasteiger partial charge is 0.492 e. The zero-order valence-corrected chi connectivity index (χ0v) is 20.2. The summed E-state index contributed by atoms with van der Waals surface area (Å²) in [6.45, 7) is 1.54. The van der Waals surface area contributed by atoms with E-state index in [1.165, 1.54) is 0 Å². The molecule has 2 aliphatic rings. The van der Waals surface area contributed by atoms with Gasteiger partial charge in [0.15, 0.2) is 5.82 Å². The van der Waals surface area contributed by atoms with Gasteiger partial charge in [-0.25, -0.2) is 9.97 Å². The van der Waals surface area contributed by atoms with Gasteiger partial charge in [0.1, 0.15) is 12.4 Å². The molecule has 0 radical (unpaired) electrons. The molecule has 1 aromatic carbocycles. The maximum absolute atomic E-state index is 12.9. The van der Waals surface area contributed by atoms with E-state index >= 15 is 0 Å². The predicted molar refractivity (Wildman–Crippen MR) is 134 cm³/mol. The first kappa shape index (κ1) is 22.9. The van der Waals surface area contributed by atoms with Crippen LogP contribution in [0.4, 0.5) is 5.69 Å². The monoisotopic (exact) mass is 480 g/mol. The quantitative estimate of drug-likeness (QED) is 0.476. The minimum absolute atomic E-state index is 0.0296. The van der Waals surface area contributed by atoms with Crippen LogP contribution in [0.15, 0.2) is 36.8 Å². The molecule has 4 heterocycles. The molecule has 9 nitrogen and oxygen atoms in total. The van der Waals surface area contributed by atoms with Crippen LogP contribution in [-0.4, -0.2) is 75.4 Å². The van der Waals surface area contributed by atoms with Crippen molar-refractivity contribution in [1.82, 2.24) is 25.2 Å². The van der Waals surface area contributed by atoms with Gasteiger partial charge in [-0.15, -0.1) is 9.24 Å². The fraction of sp³-hybridized carbons (Fsp3) is 0.417. The number of carbonyl (C=O) groups is 1. The number of hydrogen-bond acceptors (Lipinski definition) is 8. The third kappa shape index (κ3) is 4.69. The van der Waals surface area contributed by atoms with E-state index in [-0.39, 0.29) is 30.3 Å². The topological polar surface area (TPSA) is 113 Å². The Labute approximate surface area is 200 Å². The summed E-state index contributed by atoms with van der Waals surface area (Å²) in [5.41, 5.74) is 3.40. The molecule has 2 aliphatic heterocycles. The molecule has 1 saturated heterocycles. The Morgan fingerprint density at radius 3 is 2.85 bits per heavy atom. The number of aromatic nitrogens is 3. The lowest BCUT2D eigenvalue weighted by molar-refractivity contribution is -0.127. The van der Waals surface area contributed by atoms with Crippen molar-refractivity contribution >= 4 is 31.7 Å². The number of likely N-dealkylation sites (N-methyl/N-ethyl adjacent to an activating group) is 1. The van der Waals surface area contributed by atoms with Crippen molar-refractivity contribution in [2.75, 3.05) is 32.1 Å². The fourth-order valence-electron chi connectivity index (χ4n) is 4.57. The summed E-state index contributed by atoms with van der Waals surface area (Å²) < 4.78 is 6.37. The van der Waals surface area contributed by atoms with E-state index in [1.54, 1.807) is 12.4 Å². The van der Waals surface area contributed by atoms with Crippen LogP contribution < -0.4 is 15.4 Å². The van der Waals surface area contributed by atoms with Crippen LogP contribution in [0, 0.1) is 0 Å². The van der Waals surface area contributed by atoms with E-state index in [4.69, 9.17) is 4.74 Å². The molecule has 0 saturated carbocycles. The number of piperidine rings is 1. The highest BCUT2D eigenvalue weighted by Gasteiger charge is 2.31. The van der Waals surface area contributed by atoms with Gasteiger partial charge in [0, 0.05) is 53.7 Å². The van der Waals surface area contributed by atoms with Gasteiger partial charge < -0.3 is 20.5 Å². The number of nitrogens with zero attached hydrogens (tertiary/aromatic N) is 4. The van der Waals surface area contributed by atoms with Crippen LogP contribution in [0.3, 0.4) is 0 Å². The third-order valence-corrected chi connectivity index (χ3v) is 6.93. The number of anilines is 1. The number of aliphatic hydroxyl groups is 1. The number of amides is 1. The van der Waals surface area contributed by atoms with Crippen LogP contribution in [0.5, 0.6) is 5.75 Å². The first-order chi connectivity index (χ1) is 16.5. The highest BCUT2D eigenvalue weighted by atomic mass is 31.0. The normalized spacial score (nSPS) is 23.6. The van der Waals surface area contributed by atoms with Gasteiger partial charge in [-0.2, -0.15) is 0 Å². The standard InChI is InChI=1S/C24H29N6O3P/c1-30-5-4-15-7-21(30)24(32)28-11-17(34)13-33-23-18(14-8-26-22(12-31)27-9-14)2-3-20-19(23)6-16(29-15)10-25-20/h2-3,6,8-10,15,17,21,29,31H,4-5,7,11-13,34H2,1H3,(H,28,32)/t15-,17?,21-/m0/s1. The third-order valence-electron chi connectivity index (χ3n) is 6.50. The van der Waals surface area contributed by atoms with E-state index in [0.29, 0.717) is 24.7 Å². The average Bonchev–Trinajstić information content (AvgIpc) is 2.86. The Bertz CT molecular complexity index is 1190. The van der Waals surface area contributed by atoms with Crippen LogP contribution in [0.2, 0.25) is 0 Å². The SMILES string of the molecule is CN1CC[C@H]2C[C@H]1C(=O)NCC(P)COc1c(-c3cnc(CO)nc3)ccc3ncc(cc13)N2. The van der Waals surface area contributed by atoms with E-state index in [9.17, 15) is 9.90 Å². The molecule has 10 heteroatoms. The van der Waals surface area contributed by atoms with Gasteiger partial charge >= 0.3 is 0 Å². The summed E-state index contributed by atoms with van der Waals surface area (Å²) in [5, 5.41) is 16.9. The zero-order chi connectivity index (χ0) is 23.7. The molecule has 0 aliphatic carbocycles. The Balaban J connectivity index is 1.58. The van der Waals surface area contributed by atoms with Crippen LogP contribution in [0.1, 0.15) is 18.7 Å². The summed E-state index contributed by atoms with van der Waals surface area (Å²) in [5.74, 6) is 1.12. The highest BCUT2D eigenvalue weighted by molar-refractivity contribution is 7.17. The lowest BCUT2D eigenvalue weighted by Crippen LogP contribution is -2.53. The Kier molecular flexibility index (Phi) is 6.59. The molecule has 4 atom stereocenters. The summed E-state index contributed by atoms with van der Waals surface area (Å²) in [6, 6.07) is 6.01. The summed E-state index contributed by atoms with van der Waals surface area (Å²) >= 11 is 0. The van der Waals surface area contributed by atoms with Crippen molar-refractivity contribution in [2.24, 2.45) is 0 Å². The number of likely N-dealkylation sites (tertiary alicyclic amines) is 1. The maximum atomic E-state index is 12.9. The number of benzene rings is 1. The summed E-state index contributed by atoms with van der Waals surface area (Å²) in [6.07, 6.45) is 6.90. The highest BCUT2D eigenvalue weighted by Crippen LogP contribution is 2.37. The molecule has 5 rings (SSSR count). The summed E-state index contributed by atoms with van der Waals surface area (Å²) in [7, 11) is 4.78.